The number of thiophene rings is 1. The van der Waals surface area contributed by atoms with Crippen molar-refractivity contribution >= 4 is 48.6 Å². The maximum atomic E-state index is 2.56. The maximum absolute atomic E-state index is 2.56. The van der Waals surface area contributed by atoms with Crippen LogP contribution in [0.25, 0.3) is 64.7 Å². The van der Waals surface area contributed by atoms with Gasteiger partial charge in [-0.2, -0.15) is 0 Å². The zero-order valence-electron chi connectivity index (χ0n) is 32.1. The summed E-state index contributed by atoms with van der Waals surface area (Å²) in [6.07, 6.45) is 0. The molecule has 0 unspecified atom stereocenters. The Labute approximate surface area is 333 Å². The normalized spacial score (nSPS) is 14.4. The molecule has 2 aliphatic rings. The molecular formula is C54H41NS. The van der Waals surface area contributed by atoms with Gasteiger partial charge in [0.2, 0.25) is 0 Å². The number of hydrogen-bond donors (Lipinski definition) is 0. The highest BCUT2D eigenvalue weighted by Gasteiger charge is 2.39. The van der Waals surface area contributed by atoms with Crippen LogP contribution in [0.15, 0.2) is 176 Å². The topological polar surface area (TPSA) is 3.24 Å². The monoisotopic (exact) mass is 735 g/mol. The van der Waals surface area contributed by atoms with Crippen molar-refractivity contribution in [1.29, 1.82) is 0 Å². The van der Waals surface area contributed by atoms with Crippen molar-refractivity contribution in [3.05, 3.63) is 198 Å². The minimum absolute atomic E-state index is 0.0464. The van der Waals surface area contributed by atoms with Crippen LogP contribution < -0.4 is 4.90 Å². The molecule has 0 spiro atoms. The Morgan fingerprint density at radius 3 is 1.61 bits per heavy atom. The molecule has 0 amide bonds. The SMILES string of the molecule is CC1(C)c2ccccc2-c2cc(-c3ccccc3N(c3ccccc3-c3ccc4c(c3)sc3ccccc34)c3cccc4c3-c3ccccc3C4(C)C)ccc21. The lowest BCUT2D eigenvalue weighted by Crippen LogP contribution is -2.16. The van der Waals surface area contributed by atoms with E-state index in [-0.39, 0.29) is 10.8 Å². The molecule has 1 heterocycles. The van der Waals surface area contributed by atoms with Gasteiger partial charge in [-0.1, -0.05) is 167 Å². The van der Waals surface area contributed by atoms with Crippen LogP contribution in [-0.4, -0.2) is 0 Å². The summed E-state index contributed by atoms with van der Waals surface area (Å²) in [6, 6.07) is 65.9. The van der Waals surface area contributed by atoms with Gasteiger partial charge < -0.3 is 4.90 Å². The van der Waals surface area contributed by atoms with Crippen LogP contribution in [0.1, 0.15) is 49.9 Å². The van der Waals surface area contributed by atoms with Crippen molar-refractivity contribution < 1.29 is 0 Å². The van der Waals surface area contributed by atoms with Crippen LogP contribution in [0.5, 0.6) is 0 Å². The maximum Gasteiger partial charge on any atom is 0.0543 e. The first-order chi connectivity index (χ1) is 27.3. The second-order valence-corrected chi connectivity index (χ2v) is 17.6. The van der Waals surface area contributed by atoms with Crippen LogP contribution in [0, 0.1) is 0 Å². The van der Waals surface area contributed by atoms with Gasteiger partial charge >= 0.3 is 0 Å². The highest BCUT2D eigenvalue weighted by Crippen LogP contribution is 2.56. The molecule has 9 aromatic rings. The average Bonchev–Trinajstić information content (AvgIpc) is 3.81. The number of para-hydroxylation sites is 2. The molecule has 2 aliphatic carbocycles. The molecular weight excluding hydrogens is 695 g/mol. The third-order valence-corrected chi connectivity index (χ3v) is 13.8. The highest BCUT2D eigenvalue weighted by molar-refractivity contribution is 7.25. The van der Waals surface area contributed by atoms with Gasteiger partial charge in [-0.3, -0.25) is 0 Å². The summed E-state index contributed by atoms with van der Waals surface area (Å²) in [6.45, 7) is 9.46. The second kappa shape index (κ2) is 12.1. The van der Waals surface area contributed by atoms with E-state index in [4.69, 9.17) is 0 Å². The molecule has 56 heavy (non-hydrogen) atoms. The molecule has 1 aromatic heterocycles. The largest absolute Gasteiger partial charge is 0.309 e. The molecule has 0 N–H and O–H groups in total. The smallest absolute Gasteiger partial charge is 0.0543 e. The van der Waals surface area contributed by atoms with Gasteiger partial charge in [0.15, 0.2) is 0 Å². The van der Waals surface area contributed by atoms with E-state index < -0.39 is 0 Å². The minimum atomic E-state index is -0.126. The summed E-state index contributed by atoms with van der Waals surface area (Å²) in [5, 5.41) is 2.64. The molecule has 0 atom stereocenters. The Kier molecular flexibility index (Phi) is 7.18. The summed E-state index contributed by atoms with van der Waals surface area (Å²) in [4.78, 5) is 2.56. The van der Waals surface area contributed by atoms with Crippen LogP contribution in [-0.2, 0) is 10.8 Å². The van der Waals surface area contributed by atoms with E-state index in [2.05, 4.69) is 209 Å². The van der Waals surface area contributed by atoms with Crippen molar-refractivity contribution in [3.63, 3.8) is 0 Å². The van der Waals surface area contributed by atoms with Gasteiger partial charge in [0.05, 0.1) is 17.1 Å². The molecule has 268 valence electrons. The lowest BCUT2D eigenvalue weighted by Gasteiger charge is -2.32. The quantitative estimate of drug-likeness (QED) is 0.170. The van der Waals surface area contributed by atoms with E-state index in [0.717, 1.165) is 11.4 Å². The molecule has 0 saturated heterocycles. The highest BCUT2D eigenvalue weighted by atomic mass is 32.1. The van der Waals surface area contributed by atoms with E-state index in [1.807, 2.05) is 11.3 Å². The molecule has 11 rings (SSSR count). The summed E-state index contributed by atoms with van der Waals surface area (Å²) < 4.78 is 2.63. The van der Waals surface area contributed by atoms with Gasteiger partial charge in [-0.05, 0) is 86.5 Å². The van der Waals surface area contributed by atoms with Crippen LogP contribution in [0.3, 0.4) is 0 Å². The van der Waals surface area contributed by atoms with Crippen molar-refractivity contribution in [3.8, 4) is 44.5 Å². The fourth-order valence-corrected chi connectivity index (χ4v) is 11.1. The van der Waals surface area contributed by atoms with Crippen molar-refractivity contribution in [1.82, 2.24) is 0 Å². The van der Waals surface area contributed by atoms with Gasteiger partial charge in [0, 0.05) is 47.7 Å². The Bertz CT molecular complexity index is 3050. The third-order valence-electron chi connectivity index (χ3n) is 12.7. The van der Waals surface area contributed by atoms with E-state index in [1.54, 1.807) is 0 Å². The van der Waals surface area contributed by atoms with E-state index in [9.17, 15) is 0 Å². The van der Waals surface area contributed by atoms with Gasteiger partial charge in [0.25, 0.3) is 0 Å². The predicted octanol–water partition coefficient (Wildman–Crippen LogP) is 15.5. The van der Waals surface area contributed by atoms with E-state index >= 15 is 0 Å². The Hall–Kier alpha value is -6.22. The van der Waals surface area contributed by atoms with Gasteiger partial charge in [0.1, 0.15) is 0 Å². The Morgan fingerprint density at radius 1 is 0.357 bits per heavy atom. The number of rotatable bonds is 5. The summed E-state index contributed by atoms with van der Waals surface area (Å²) in [5.41, 5.74) is 19.0. The molecule has 0 bridgehead atoms. The first-order valence-electron chi connectivity index (χ1n) is 19.7. The van der Waals surface area contributed by atoms with Gasteiger partial charge in [-0.15, -0.1) is 11.3 Å². The Morgan fingerprint density at radius 2 is 0.857 bits per heavy atom. The first-order valence-corrected chi connectivity index (χ1v) is 20.5. The molecule has 2 heteroatoms. The molecule has 0 saturated carbocycles. The lowest BCUT2D eigenvalue weighted by atomic mass is 9.82. The van der Waals surface area contributed by atoms with Crippen molar-refractivity contribution in [2.45, 2.75) is 38.5 Å². The summed E-state index contributed by atoms with van der Waals surface area (Å²) in [7, 11) is 0. The zero-order valence-corrected chi connectivity index (χ0v) is 32.9. The first kappa shape index (κ1) is 33.1. The summed E-state index contributed by atoms with van der Waals surface area (Å²) >= 11 is 1.88. The standard InChI is InChI=1S/C54H41NS/c1-53(2)43-21-10-5-18-38(43)42-32-34(29-31-45(42)53)36-16-7-12-24-47(36)55(49-26-15-23-46-52(49)41-20-6-11-22-44(41)54(46,3)4)48-25-13-8-17-37(48)35-28-30-40-39-19-9-14-27-50(39)56-51(40)33-35/h5-33H,1-4H3. The molecule has 1 nitrogen and oxygen atoms in total. The molecule has 0 aliphatic heterocycles. The van der Waals surface area contributed by atoms with Crippen molar-refractivity contribution in [2.24, 2.45) is 0 Å². The lowest BCUT2D eigenvalue weighted by molar-refractivity contribution is 0.660. The number of anilines is 3. The van der Waals surface area contributed by atoms with E-state index in [1.165, 1.54) is 92.6 Å². The summed E-state index contributed by atoms with van der Waals surface area (Å²) in [5.74, 6) is 0. The molecule has 0 radical (unpaired) electrons. The second-order valence-electron chi connectivity index (χ2n) is 16.5. The average molecular weight is 736 g/mol. The van der Waals surface area contributed by atoms with Crippen molar-refractivity contribution in [2.75, 3.05) is 4.90 Å². The molecule has 8 aromatic carbocycles. The molecule has 0 fully saturated rings. The fraction of sp³-hybridized carbons (Fsp3) is 0.111. The van der Waals surface area contributed by atoms with Crippen LogP contribution in [0.4, 0.5) is 17.1 Å². The van der Waals surface area contributed by atoms with Crippen LogP contribution >= 0.6 is 11.3 Å². The fourth-order valence-electron chi connectivity index (χ4n) is 9.92. The van der Waals surface area contributed by atoms with Crippen LogP contribution in [0.2, 0.25) is 0 Å². The third kappa shape index (κ3) is 4.72. The number of benzene rings is 8. The minimum Gasteiger partial charge on any atom is -0.309 e. The van der Waals surface area contributed by atoms with E-state index in [0.29, 0.717) is 0 Å². The number of hydrogen-bond acceptors (Lipinski definition) is 2. The predicted molar refractivity (Wildman–Crippen MR) is 240 cm³/mol. The number of nitrogens with zero attached hydrogens (tertiary/aromatic N) is 1. The number of fused-ring (bicyclic) bond motifs is 9. The Balaban J connectivity index is 1.17. The zero-order chi connectivity index (χ0) is 37.8. The van der Waals surface area contributed by atoms with Gasteiger partial charge in [-0.25, -0.2) is 0 Å².